The Labute approximate surface area is 126 Å². The van der Waals surface area contributed by atoms with E-state index in [9.17, 15) is 5.11 Å². The summed E-state index contributed by atoms with van der Waals surface area (Å²) >= 11 is 12.0. The summed E-state index contributed by atoms with van der Waals surface area (Å²) in [5.41, 5.74) is 0.778. The Bertz CT molecular complexity index is 635. The Morgan fingerprint density at radius 3 is 2.50 bits per heavy atom. The number of halogens is 2. The molecule has 0 saturated heterocycles. The van der Waals surface area contributed by atoms with E-state index in [-0.39, 0.29) is 6.54 Å². The highest BCUT2D eigenvalue weighted by molar-refractivity contribution is 6.36. The fourth-order valence-electron chi connectivity index (χ4n) is 1.73. The van der Waals surface area contributed by atoms with E-state index in [4.69, 9.17) is 28.5 Å². The fraction of sp³-hybridized carbons (Fsp3) is 0.143. The molecule has 1 heterocycles. The van der Waals surface area contributed by atoms with Crippen molar-refractivity contribution in [1.29, 1.82) is 5.26 Å². The summed E-state index contributed by atoms with van der Waals surface area (Å²) in [7, 11) is 0. The van der Waals surface area contributed by atoms with Gasteiger partial charge in [0.2, 0.25) is 0 Å². The molecule has 0 aliphatic carbocycles. The minimum atomic E-state index is -0.872. The molecule has 1 aromatic heterocycles. The van der Waals surface area contributed by atoms with Crippen LogP contribution in [0.5, 0.6) is 0 Å². The number of aliphatic hydroxyl groups is 1. The molecule has 4 nitrogen and oxygen atoms in total. The van der Waals surface area contributed by atoms with Crippen LogP contribution >= 0.6 is 23.2 Å². The van der Waals surface area contributed by atoms with Crippen molar-refractivity contribution >= 4 is 29.0 Å². The first kappa shape index (κ1) is 14.6. The molecule has 2 aromatic rings. The number of aliphatic hydroxyl groups excluding tert-OH is 1. The van der Waals surface area contributed by atoms with Crippen molar-refractivity contribution < 1.29 is 5.11 Å². The molecule has 20 heavy (non-hydrogen) atoms. The van der Waals surface area contributed by atoms with Crippen LogP contribution in [-0.2, 0) is 0 Å². The van der Waals surface area contributed by atoms with Crippen LogP contribution in [-0.4, -0.2) is 16.6 Å². The first-order valence-electron chi connectivity index (χ1n) is 5.85. The summed E-state index contributed by atoms with van der Waals surface area (Å²) in [4.78, 5) is 4.05. The molecule has 0 aliphatic rings. The Balaban J connectivity index is 2.09. The Kier molecular flexibility index (Phi) is 4.80. The maximum absolute atomic E-state index is 10.1. The number of nitrogens with one attached hydrogen (secondary N) is 1. The number of hydrogen-bond acceptors (Lipinski definition) is 4. The molecule has 1 aromatic carbocycles. The predicted molar refractivity (Wildman–Crippen MR) is 78.9 cm³/mol. The number of hydrogen-bond donors (Lipinski definition) is 2. The minimum Gasteiger partial charge on any atom is -0.386 e. The third-order valence-corrected chi connectivity index (χ3v) is 3.33. The molecular formula is C14H11Cl2N3O. The minimum absolute atomic E-state index is 0.186. The van der Waals surface area contributed by atoms with Gasteiger partial charge in [-0.15, -0.1) is 0 Å². The van der Waals surface area contributed by atoms with Crippen LogP contribution in [0.4, 0.5) is 5.82 Å². The summed E-state index contributed by atoms with van der Waals surface area (Å²) in [6.07, 6.45) is -0.872. The molecule has 2 rings (SSSR count). The monoisotopic (exact) mass is 307 g/mol. The van der Waals surface area contributed by atoms with Crippen LogP contribution in [0.25, 0.3) is 0 Å². The SMILES string of the molecule is N#Cc1cccc(NCC(O)c2c(Cl)cccc2Cl)n1. The third kappa shape index (κ3) is 3.40. The number of anilines is 1. The van der Waals surface area contributed by atoms with E-state index in [0.29, 0.717) is 27.1 Å². The molecule has 0 saturated carbocycles. The maximum atomic E-state index is 10.1. The van der Waals surface area contributed by atoms with Crippen LogP contribution in [0, 0.1) is 11.3 Å². The van der Waals surface area contributed by atoms with Crippen molar-refractivity contribution in [3.05, 3.63) is 57.7 Å². The average molecular weight is 308 g/mol. The molecule has 2 N–H and O–H groups in total. The second-order valence-corrected chi connectivity index (χ2v) is 4.87. The standard InChI is InChI=1S/C14H11Cl2N3O/c15-10-4-2-5-11(16)14(10)12(20)8-18-13-6-1-3-9(7-17)19-13/h1-6,12,20H,8H2,(H,18,19). The molecule has 1 unspecified atom stereocenters. The number of nitriles is 1. The van der Waals surface area contributed by atoms with E-state index < -0.39 is 6.10 Å². The number of benzene rings is 1. The summed E-state index contributed by atoms with van der Waals surface area (Å²) < 4.78 is 0. The van der Waals surface area contributed by atoms with E-state index in [1.54, 1.807) is 36.4 Å². The van der Waals surface area contributed by atoms with Crippen LogP contribution in [0.15, 0.2) is 36.4 Å². The zero-order valence-corrected chi connectivity index (χ0v) is 11.9. The maximum Gasteiger partial charge on any atom is 0.142 e. The zero-order valence-electron chi connectivity index (χ0n) is 10.3. The lowest BCUT2D eigenvalue weighted by Gasteiger charge is -2.15. The topological polar surface area (TPSA) is 68.9 Å². The number of aromatic nitrogens is 1. The Morgan fingerprint density at radius 1 is 1.20 bits per heavy atom. The zero-order chi connectivity index (χ0) is 14.5. The molecule has 0 aliphatic heterocycles. The largest absolute Gasteiger partial charge is 0.386 e. The van der Waals surface area contributed by atoms with Crippen molar-refractivity contribution in [3.8, 4) is 6.07 Å². The lowest BCUT2D eigenvalue weighted by Crippen LogP contribution is -2.14. The van der Waals surface area contributed by atoms with Gasteiger partial charge in [0.15, 0.2) is 0 Å². The Morgan fingerprint density at radius 2 is 1.85 bits per heavy atom. The van der Waals surface area contributed by atoms with Crippen LogP contribution < -0.4 is 5.32 Å². The van der Waals surface area contributed by atoms with Gasteiger partial charge in [-0.1, -0.05) is 35.3 Å². The molecule has 0 spiro atoms. The molecular weight excluding hydrogens is 297 g/mol. The molecule has 0 fully saturated rings. The predicted octanol–water partition coefficient (Wildman–Crippen LogP) is 3.41. The summed E-state index contributed by atoms with van der Waals surface area (Å²) in [6.45, 7) is 0.186. The fourth-order valence-corrected chi connectivity index (χ4v) is 2.38. The van der Waals surface area contributed by atoms with Gasteiger partial charge in [0.25, 0.3) is 0 Å². The molecule has 0 amide bonds. The van der Waals surface area contributed by atoms with Gasteiger partial charge in [0.1, 0.15) is 17.6 Å². The highest BCUT2D eigenvalue weighted by Crippen LogP contribution is 2.30. The summed E-state index contributed by atoms with van der Waals surface area (Å²) in [5.74, 6) is 0.506. The average Bonchev–Trinajstić information content (AvgIpc) is 2.45. The highest BCUT2D eigenvalue weighted by Gasteiger charge is 2.15. The van der Waals surface area contributed by atoms with Gasteiger partial charge in [-0.3, -0.25) is 0 Å². The van der Waals surface area contributed by atoms with Gasteiger partial charge >= 0.3 is 0 Å². The van der Waals surface area contributed by atoms with Crippen molar-refractivity contribution in [2.75, 3.05) is 11.9 Å². The summed E-state index contributed by atoms with van der Waals surface area (Å²) in [5, 5.41) is 22.7. The summed E-state index contributed by atoms with van der Waals surface area (Å²) in [6, 6.07) is 12.0. The molecule has 102 valence electrons. The lowest BCUT2D eigenvalue weighted by atomic mass is 10.1. The smallest absolute Gasteiger partial charge is 0.142 e. The first-order chi connectivity index (χ1) is 9.61. The molecule has 1 atom stereocenters. The van der Waals surface area contributed by atoms with Gasteiger partial charge in [-0.25, -0.2) is 4.98 Å². The van der Waals surface area contributed by atoms with Crippen molar-refractivity contribution in [2.24, 2.45) is 0 Å². The van der Waals surface area contributed by atoms with Crippen molar-refractivity contribution in [1.82, 2.24) is 4.98 Å². The van der Waals surface area contributed by atoms with Gasteiger partial charge < -0.3 is 10.4 Å². The van der Waals surface area contributed by atoms with E-state index in [1.165, 1.54) is 0 Å². The number of nitrogens with zero attached hydrogens (tertiary/aromatic N) is 2. The van der Waals surface area contributed by atoms with Gasteiger partial charge in [-0.05, 0) is 24.3 Å². The quantitative estimate of drug-likeness (QED) is 0.908. The van der Waals surface area contributed by atoms with E-state index in [1.807, 2.05) is 6.07 Å². The van der Waals surface area contributed by atoms with Crippen LogP contribution in [0.2, 0.25) is 10.0 Å². The van der Waals surface area contributed by atoms with Crippen LogP contribution in [0.1, 0.15) is 17.4 Å². The molecule has 0 bridgehead atoms. The first-order valence-corrected chi connectivity index (χ1v) is 6.60. The second kappa shape index (κ2) is 6.58. The third-order valence-electron chi connectivity index (χ3n) is 2.67. The van der Waals surface area contributed by atoms with Crippen molar-refractivity contribution in [3.63, 3.8) is 0 Å². The van der Waals surface area contributed by atoms with Crippen molar-refractivity contribution in [2.45, 2.75) is 6.10 Å². The highest BCUT2D eigenvalue weighted by atomic mass is 35.5. The van der Waals surface area contributed by atoms with Crippen LogP contribution in [0.3, 0.4) is 0 Å². The van der Waals surface area contributed by atoms with E-state index in [2.05, 4.69) is 10.3 Å². The van der Waals surface area contributed by atoms with E-state index in [0.717, 1.165) is 0 Å². The number of rotatable bonds is 4. The van der Waals surface area contributed by atoms with Gasteiger partial charge in [0.05, 0.1) is 6.10 Å². The number of pyridine rings is 1. The van der Waals surface area contributed by atoms with E-state index >= 15 is 0 Å². The van der Waals surface area contributed by atoms with Gasteiger partial charge in [-0.2, -0.15) is 5.26 Å². The normalized spacial score (nSPS) is 11.7. The van der Waals surface area contributed by atoms with Gasteiger partial charge in [0, 0.05) is 22.2 Å². The molecule has 6 heteroatoms. The molecule has 0 radical (unpaired) electrons. The second-order valence-electron chi connectivity index (χ2n) is 4.05. The lowest BCUT2D eigenvalue weighted by molar-refractivity contribution is 0.191. The Hall–Kier alpha value is -1.80.